The molecule has 1 saturated heterocycles. The summed E-state index contributed by atoms with van der Waals surface area (Å²) in [7, 11) is 4.17. The molecular formula is C16H35N3O. The number of hydrogen-bond acceptors (Lipinski definition) is 4. The third-order valence-corrected chi connectivity index (χ3v) is 4.05. The average molecular weight is 285 g/mol. The second kappa shape index (κ2) is 9.72. The van der Waals surface area contributed by atoms with Crippen LogP contribution in [0.4, 0.5) is 0 Å². The summed E-state index contributed by atoms with van der Waals surface area (Å²) in [4.78, 5) is 4.79. The second-order valence-corrected chi connectivity index (χ2v) is 6.71. The van der Waals surface area contributed by atoms with Gasteiger partial charge in [0.05, 0.1) is 13.2 Å². The molecule has 120 valence electrons. The van der Waals surface area contributed by atoms with Crippen LogP contribution in [0.3, 0.4) is 0 Å². The minimum absolute atomic E-state index is 0.652. The first-order chi connectivity index (χ1) is 9.52. The van der Waals surface area contributed by atoms with Crippen LogP contribution < -0.4 is 5.32 Å². The van der Waals surface area contributed by atoms with E-state index >= 15 is 0 Å². The molecule has 2 unspecified atom stereocenters. The molecule has 4 nitrogen and oxygen atoms in total. The van der Waals surface area contributed by atoms with E-state index in [4.69, 9.17) is 4.74 Å². The summed E-state index contributed by atoms with van der Waals surface area (Å²) in [6.07, 6.45) is 2.49. The van der Waals surface area contributed by atoms with Crippen molar-refractivity contribution in [1.29, 1.82) is 0 Å². The van der Waals surface area contributed by atoms with E-state index in [1.165, 1.54) is 19.4 Å². The Morgan fingerprint density at radius 3 is 2.65 bits per heavy atom. The third-order valence-electron chi connectivity index (χ3n) is 4.05. The Hall–Kier alpha value is -0.160. The van der Waals surface area contributed by atoms with Crippen molar-refractivity contribution in [3.05, 3.63) is 0 Å². The average Bonchev–Trinajstić information content (AvgIpc) is 2.37. The van der Waals surface area contributed by atoms with E-state index < -0.39 is 0 Å². The van der Waals surface area contributed by atoms with E-state index in [9.17, 15) is 0 Å². The van der Waals surface area contributed by atoms with Gasteiger partial charge in [-0.05, 0) is 32.9 Å². The first-order valence-electron chi connectivity index (χ1n) is 8.22. The van der Waals surface area contributed by atoms with Gasteiger partial charge in [0, 0.05) is 38.3 Å². The lowest BCUT2D eigenvalue weighted by Crippen LogP contribution is -2.57. The van der Waals surface area contributed by atoms with Crippen molar-refractivity contribution in [2.75, 3.05) is 53.5 Å². The molecule has 0 saturated carbocycles. The highest BCUT2D eigenvalue weighted by molar-refractivity contribution is 4.85. The van der Waals surface area contributed by atoms with Crippen LogP contribution in [-0.2, 0) is 4.74 Å². The molecule has 0 radical (unpaired) electrons. The van der Waals surface area contributed by atoms with E-state index in [0.29, 0.717) is 12.1 Å². The van der Waals surface area contributed by atoms with Gasteiger partial charge in [-0.1, -0.05) is 20.8 Å². The Kier molecular flexibility index (Phi) is 8.69. The highest BCUT2D eigenvalue weighted by Gasteiger charge is 2.26. The molecule has 0 aromatic heterocycles. The summed E-state index contributed by atoms with van der Waals surface area (Å²) in [6, 6.07) is 1.33. The number of piperazine rings is 1. The molecule has 0 aromatic rings. The molecule has 0 bridgehead atoms. The normalized spacial score (nSPS) is 24.8. The van der Waals surface area contributed by atoms with Gasteiger partial charge in [0.25, 0.3) is 0 Å². The van der Waals surface area contributed by atoms with Crippen LogP contribution in [0.2, 0.25) is 0 Å². The van der Waals surface area contributed by atoms with Crippen molar-refractivity contribution in [3.63, 3.8) is 0 Å². The summed E-state index contributed by atoms with van der Waals surface area (Å²) in [6.45, 7) is 13.0. The van der Waals surface area contributed by atoms with E-state index in [1.54, 1.807) is 0 Å². The molecule has 0 spiro atoms. The fourth-order valence-corrected chi connectivity index (χ4v) is 2.86. The zero-order valence-electron chi connectivity index (χ0n) is 14.2. The van der Waals surface area contributed by atoms with E-state index in [0.717, 1.165) is 38.8 Å². The van der Waals surface area contributed by atoms with Gasteiger partial charge < -0.3 is 15.0 Å². The van der Waals surface area contributed by atoms with Gasteiger partial charge in [0.1, 0.15) is 0 Å². The molecule has 0 amide bonds. The summed E-state index contributed by atoms with van der Waals surface area (Å²) in [5, 5.41) is 3.71. The number of nitrogens with zero attached hydrogens (tertiary/aromatic N) is 2. The fourth-order valence-electron chi connectivity index (χ4n) is 2.86. The second-order valence-electron chi connectivity index (χ2n) is 6.71. The predicted octanol–water partition coefficient (Wildman–Crippen LogP) is 1.66. The lowest BCUT2D eigenvalue weighted by Gasteiger charge is -2.40. The summed E-state index contributed by atoms with van der Waals surface area (Å²) >= 11 is 0. The third kappa shape index (κ3) is 7.02. The summed E-state index contributed by atoms with van der Waals surface area (Å²) < 4.78 is 5.75. The van der Waals surface area contributed by atoms with Crippen molar-refractivity contribution in [2.45, 2.75) is 45.7 Å². The zero-order valence-corrected chi connectivity index (χ0v) is 14.2. The van der Waals surface area contributed by atoms with Crippen LogP contribution in [0.15, 0.2) is 0 Å². The van der Waals surface area contributed by atoms with Gasteiger partial charge in [-0.3, -0.25) is 4.90 Å². The first kappa shape index (κ1) is 17.9. The zero-order chi connectivity index (χ0) is 15.0. The first-order valence-corrected chi connectivity index (χ1v) is 8.22. The lowest BCUT2D eigenvalue weighted by molar-refractivity contribution is 0.0563. The van der Waals surface area contributed by atoms with E-state index in [-0.39, 0.29) is 0 Å². The van der Waals surface area contributed by atoms with Gasteiger partial charge in [-0.15, -0.1) is 0 Å². The van der Waals surface area contributed by atoms with Gasteiger partial charge in [0.15, 0.2) is 0 Å². The molecule has 0 aromatic carbocycles. The molecule has 1 N–H and O–H groups in total. The van der Waals surface area contributed by atoms with Crippen LogP contribution in [0.1, 0.15) is 33.6 Å². The Labute approximate surface area is 125 Å². The maximum atomic E-state index is 5.75. The highest BCUT2D eigenvalue weighted by Crippen LogP contribution is 2.14. The number of ether oxygens (including phenoxy) is 1. The van der Waals surface area contributed by atoms with Crippen molar-refractivity contribution in [2.24, 2.45) is 5.92 Å². The minimum Gasteiger partial charge on any atom is -0.379 e. The molecule has 1 aliphatic heterocycles. The number of rotatable bonds is 9. The largest absolute Gasteiger partial charge is 0.379 e. The number of hydrogen-bond donors (Lipinski definition) is 1. The highest BCUT2D eigenvalue weighted by atomic mass is 16.5. The Morgan fingerprint density at radius 2 is 2.05 bits per heavy atom. The van der Waals surface area contributed by atoms with Crippen LogP contribution in [0.25, 0.3) is 0 Å². The molecule has 1 rings (SSSR count). The quantitative estimate of drug-likeness (QED) is 0.652. The van der Waals surface area contributed by atoms with E-state index in [2.05, 4.69) is 50.0 Å². The molecule has 0 aliphatic carbocycles. The van der Waals surface area contributed by atoms with Gasteiger partial charge in [-0.2, -0.15) is 0 Å². The summed E-state index contributed by atoms with van der Waals surface area (Å²) in [5.41, 5.74) is 0. The van der Waals surface area contributed by atoms with Crippen molar-refractivity contribution >= 4 is 0 Å². The van der Waals surface area contributed by atoms with Gasteiger partial charge in [-0.25, -0.2) is 0 Å². The number of likely N-dealkylation sites (N-methyl/N-ethyl adjacent to an activating group) is 1. The Balaban J connectivity index is 2.27. The summed E-state index contributed by atoms with van der Waals surface area (Å²) in [5.74, 6) is 0.767. The van der Waals surface area contributed by atoms with Crippen molar-refractivity contribution in [3.8, 4) is 0 Å². The standard InChI is InChI=1S/C16H35N3O/c1-6-16-12-17-15(11-14(2)3)13-19(16)8-10-20-9-7-18(4)5/h14-17H,6-13H2,1-5H3. The molecule has 2 atom stereocenters. The maximum Gasteiger partial charge on any atom is 0.0594 e. The molecule has 1 aliphatic rings. The Bertz CT molecular complexity index is 246. The van der Waals surface area contributed by atoms with Crippen molar-refractivity contribution < 1.29 is 4.74 Å². The van der Waals surface area contributed by atoms with Crippen LogP contribution in [0, 0.1) is 5.92 Å². The smallest absolute Gasteiger partial charge is 0.0594 e. The molecule has 20 heavy (non-hydrogen) atoms. The molecular weight excluding hydrogens is 250 g/mol. The van der Waals surface area contributed by atoms with Crippen LogP contribution in [0.5, 0.6) is 0 Å². The van der Waals surface area contributed by atoms with Gasteiger partial charge in [0.2, 0.25) is 0 Å². The van der Waals surface area contributed by atoms with Gasteiger partial charge >= 0.3 is 0 Å². The predicted molar refractivity (Wildman–Crippen MR) is 86.3 cm³/mol. The van der Waals surface area contributed by atoms with E-state index in [1.807, 2.05) is 0 Å². The Morgan fingerprint density at radius 1 is 1.30 bits per heavy atom. The monoisotopic (exact) mass is 285 g/mol. The lowest BCUT2D eigenvalue weighted by atomic mass is 9.99. The minimum atomic E-state index is 0.652. The maximum absolute atomic E-state index is 5.75. The molecule has 4 heteroatoms. The molecule has 1 heterocycles. The van der Waals surface area contributed by atoms with Crippen LogP contribution >= 0.6 is 0 Å². The SMILES string of the molecule is CCC1CNC(CC(C)C)CN1CCOCCN(C)C. The topological polar surface area (TPSA) is 27.7 Å². The number of nitrogens with one attached hydrogen (secondary N) is 1. The van der Waals surface area contributed by atoms with Crippen LogP contribution in [-0.4, -0.2) is 75.4 Å². The molecule has 1 fully saturated rings. The fraction of sp³-hybridized carbons (Fsp3) is 1.00. The van der Waals surface area contributed by atoms with Crippen molar-refractivity contribution in [1.82, 2.24) is 15.1 Å².